The van der Waals surface area contributed by atoms with Gasteiger partial charge in [-0.15, -0.1) is 11.3 Å². The molecular formula is C13H21N3O3S2. The fourth-order valence-electron chi connectivity index (χ4n) is 2.19. The van der Waals surface area contributed by atoms with Crippen molar-refractivity contribution in [1.82, 2.24) is 14.1 Å². The number of piperazine rings is 1. The summed E-state index contributed by atoms with van der Waals surface area (Å²) in [6, 6.07) is 3.35. The quantitative estimate of drug-likeness (QED) is 0.790. The summed E-state index contributed by atoms with van der Waals surface area (Å²) >= 11 is 1.23. The first-order chi connectivity index (χ1) is 9.91. The van der Waals surface area contributed by atoms with E-state index in [-0.39, 0.29) is 5.91 Å². The number of amides is 1. The summed E-state index contributed by atoms with van der Waals surface area (Å²) in [4.78, 5) is 15.7. The molecule has 21 heavy (non-hydrogen) atoms. The van der Waals surface area contributed by atoms with E-state index in [1.165, 1.54) is 15.6 Å². The van der Waals surface area contributed by atoms with Crippen molar-refractivity contribution in [1.29, 1.82) is 0 Å². The predicted molar refractivity (Wildman–Crippen MR) is 82.8 cm³/mol. The van der Waals surface area contributed by atoms with Crippen molar-refractivity contribution < 1.29 is 13.2 Å². The zero-order valence-corrected chi connectivity index (χ0v) is 14.0. The average molecular weight is 331 g/mol. The van der Waals surface area contributed by atoms with Gasteiger partial charge in [0.1, 0.15) is 4.21 Å². The van der Waals surface area contributed by atoms with Gasteiger partial charge in [-0.3, -0.25) is 4.79 Å². The molecule has 1 aromatic rings. The molecule has 1 fully saturated rings. The van der Waals surface area contributed by atoms with Crippen molar-refractivity contribution in [3.05, 3.63) is 17.5 Å². The lowest BCUT2D eigenvalue weighted by Gasteiger charge is -2.34. The summed E-state index contributed by atoms with van der Waals surface area (Å²) in [5.41, 5.74) is 0. The molecule has 1 aliphatic heterocycles. The number of hydrogen-bond acceptors (Lipinski definition) is 5. The van der Waals surface area contributed by atoms with Crippen molar-refractivity contribution >= 4 is 27.3 Å². The Labute approximate surface area is 130 Å². The molecule has 0 aromatic carbocycles. The van der Waals surface area contributed by atoms with Gasteiger partial charge in [-0.2, -0.15) is 4.31 Å². The molecule has 0 bridgehead atoms. The van der Waals surface area contributed by atoms with E-state index in [2.05, 4.69) is 0 Å². The second kappa shape index (κ2) is 6.87. The third-order valence-corrected chi connectivity index (χ3v) is 6.73. The Morgan fingerprint density at radius 3 is 2.48 bits per heavy atom. The van der Waals surface area contributed by atoms with Gasteiger partial charge in [0, 0.05) is 39.1 Å². The monoisotopic (exact) mass is 331 g/mol. The molecule has 0 spiro atoms. The number of nitrogens with zero attached hydrogens (tertiary/aromatic N) is 3. The fraction of sp³-hybridized carbons (Fsp3) is 0.615. The topological polar surface area (TPSA) is 60.9 Å². The predicted octanol–water partition coefficient (Wildman–Crippen LogP) is 0.533. The Hall–Kier alpha value is -0.960. The summed E-state index contributed by atoms with van der Waals surface area (Å²) in [6.45, 7) is 2.39. The molecule has 1 amide bonds. The van der Waals surface area contributed by atoms with Crippen LogP contribution in [0, 0.1) is 0 Å². The highest BCUT2D eigenvalue weighted by Crippen LogP contribution is 2.22. The summed E-state index contributed by atoms with van der Waals surface area (Å²) in [6.07, 6.45) is 0.477. The average Bonchev–Trinajstić information content (AvgIpc) is 2.99. The Balaban J connectivity index is 1.90. The Morgan fingerprint density at radius 2 is 1.95 bits per heavy atom. The van der Waals surface area contributed by atoms with Gasteiger partial charge >= 0.3 is 0 Å². The molecule has 0 unspecified atom stereocenters. The maximum absolute atomic E-state index is 12.4. The summed E-state index contributed by atoms with van der Waals surface area (Å²) < 4.78 is 26.6. The lowest BCUT2D eigenvalue weighted by atomic mass is 10.3. The molecule has 0 atom stereocenters. The van der Waals surface area contributed by atoms with Crippen LogP contribution < -0.4 is 0 Å². The van der Waals surface area contributed by atoms with Gasteiger partial charge in [0.25, 0.3) is 10.0 Å². The van der Waals surface area contributed by atoms with Gasteiger partial charge in [0.05, 0.1) is 0 Å². The minimum Gasteiger partial charge on any atom is -0.340 e. The number of thiophene rings is 1. The van der Waals surface area contributed by atoms with Crippen LogP contribution in [0.1, 0.15) is 6.42 Å². The van der Waals surface area contributed by atoms with Crippen LogP contribution in [0.4, 0.5) is 0 Å². The molecule has 1 aromatic heterocycles. The van der Waals surface area contributed by atoms with Gasteiger partial charge in [-0.25, -0.2) is 8.42 Å². The lowest BCUT2D eigenvalue weighted by Crippen LogP contribution is -2.50. The van der Waals surface area contributed by atoms with E-state index in [1.807, 2.05) is 19.0 Å². The Morgan fingerprint density at radius 1 is 1.29 bits per heavy atom. The normalized spacial score (nSPS) is 17.4. The Bertz CT molecular complexity index is 561. The van der Waals surface area contributed by atoms with E-state index in [1.54, 1.807) is 22.4 Å². The molecule has 0 aliphatic carbocycles. The first-order valence-corrected chi connectivity index (χ1v) is 9.19. The van der Waals surface area contributed by atoms with Crippen LogP contribution in [-0.2, 0) is 14.8 Å². The van der Waals surface area contributed by atoms with Crippen LogP contribution in [0.25, 0.3) is 0 Å². The minimum absolute atomic E-state index is 0.0943. The maximum Gasteiger partial charge on any atom is 0.252 e. The van der Waals surface area contributed by atoms with Gasteiger partial charge in [-0.1, -0.05) is 6.07 Å². The lowest BCUT2D eigenvalue weighted by molar-refractivity contribution is -0.132. The third-order valence-electron chi connectivity index (χ3n) is 3.45. The number of sulfonamides is 1. The van der Waals surface area contributed by atoms with Crippen LogP contribution in [0.5, 0.6) is 0 Å². The molecule has 8 heteroatoms. The molecule has 2 heterocycles. The summed E-state index contributed by atoms with van der Waals surface area (Å²) in [5.74, 6) is 0.0943. The molecule has 118 valence electrons. The largest absolute Gasteiger partial charge is 0.340 e. The second-order valence-corrected chi connectivity index (χ2v) is 8.38. The van der Waals surface area contributed by atoms with Crippen LogP contribution in [0.3, 0.4) is 0 Å². The highest BCUT2D eigenvalue weighted by atomic mass is 32.2. The van der Waals surface area contributed by atoms with E-state index in [9.17, 15) is 13.2 Å². The highest BCUT2D eigenvalue weighted by Gasteiger charge is 2.30. The number of hydrogen-bond donors (Lipinski definition) is 0. The molecule has 1 aliphatic rings. The first kappa shape index (κ1) is 16.4. The van der Waals surface area contributed by atoms with E-state index in [0.29, 0.717) is 43.4 Å². The number of rotatable bonds is 5. The van der Waals surface area contributed by atoms with Crippen molar-refractivity contribution in [3.8, 4) is 0 Å². The van der Waals surface area contributed by atoms with Gasteiger partial charge < -0.3 is 9.80 Å². The van der Waals surface area contributed by atoms with Crippen molar-refractivity contribution in [3.63, 3.8) is 0 Å². The van der Waals surface area contributed by atoms with E-state index >= 15 is 0 Å². The highest BCUT2D eigenvalue weighted by molar-refractivity contribution is 7.91. The van der Waals surface area contributed by atoms with Crippen LogP contribution in [0.15, 0.2) is 21.7 Å². The zero-order chi connectivity index (χ0) is 15.5. The molecule has 2 rings (SSSR count). The van der Waals surface area contributed by atoms with E-state index in [4.69, 9.17) is 0 Å². The van der Waals surface area contributed by atoms with Crippen LogP contribution >= 0.6 is 11.3 Å². The van der Waals surface area contributed by atoms with Crippen molar-refractivity contribution in [2.75, 3.05) is 46.8 Å². The summed E-state index contributed by atoms with van der Waals surface area (Å²) in [7, 11) is 0.471. The van der Waals surface area contributed by atoms with Crippen molar-refractivity contribution in [2.24, 2.45) is 0 Å². The molecule has 1 saturated heterocycles. The minimum atomic E-state index is -3.39. The third kappa shape index (κ3) is 4.03. The number of carbonyl (C=O) groups is 1. The SMILES string of the molecule is CN(C)CCC(=O)N1CCN(S(=O)(=O)c2cccs2)CC1. The van der Waals surface area contributed by atoms with Crippen LogP contribution in [-0.4, -0.2) is 75.2 Å². The Kier molecular flexibility index (Phi) is 5.37. The van der Waals surface area contributed by atoms with E-state index in [0.717, 1.165) is 0 Å². The summed E-state index contributed by atoms with van der Waals surface area (Å²) in [5, 5.41) is 1.76. The zero-order valence-electron chi connectivity index (χ0n) is 12.4. The van der Waals surface area contributed by atoms with Gasteiger partial charge in [-0.05, 0) is 25.5 Å². The van der Waals surface area contributed by atoms with Gasteiger partial charge in [0.2, 0.25) is 5.91 Å². The first-order valence-electron chi connectivity index (χ1n) is 6.87. The maximum atomic E-state index is 12.4. The standard InChI is InChI=1S/C13H21N3O3S2/c1-14(2)6-5-12(17)15-7-9-16(10-8-15)21(18,19)13-4-3-11-20-13/h3-4,11H,5-10H2,1-2H3. The van der Waals surface area contributed by atoms with E-state index < -0.39 is 10.0 Å². The smallest absolute Gasteiger partial charge is 0.252 e. The van der Waals surface area contributed by atoms with Crippen LogP contribution in [0.2, 0.25) is 0 Å². The number of carbonyl (C=O) groups excluding carboxylic acids is 1. The molecule has 6 nitrogen and oxygen atoms in total. The fourth-order valence-corrected chi connectivity index (χ4v) is 4.76. The molecule has 0 saturated carbocycles. The van der Waals surface area contributed by atoms with Gasteiger partial charge in [0.15, 0.2) is 0 Å². The van der Waals surface area contributed by atoms with Crippen molar-refractivity contribution in [2.45, 2.75) is 10.6 Å². The molecular weight excluding hydrogens is 310 g/mol. The second-order valence-electron chi connectivity index (χ2n) is 5.27. The molecule has 0 N–H and O–H groups in total. The molecule has 0 radical (unpaired) electrons.